The van der Waals surface area contributed by atoms with Crippen molar-refractivity contribution in [3.8, 4) is 17.0 Å². The number of fused-ring (bicyclic) bond motifs is 7. The van der Waals surface area contributed by atoms with Gasteiger partial charge in [0, 0.05) is 12.4 Å². The van der Waals surface area contributed by atoms with E-state index in [1.165, 1.54) is 10.9 Å². The fraction of sp³-hybridized carbons (Fsp3) is 0.105. The molecule has 0 spiro atoms. The maximum Gasteiger partial charge on any atom is 0.151 e. The van der Waals surface area contributed by atoms with Gasteiger partial charge in [0.15, 0.2) is 5.82 Å². The second-order valence-corrected chi connectivity index (χ2v) is 5.92. The van der Waals surface area contributed by atoms with E-state index >= 15 is 0 Å². The number of hydrogen-bond acceptors (Lipinski definition) is 4. The van der Waals surface area contributed by atoms with Crippen LogP contribution < -0.4 is 9.64 Å². The zero-order valence-electron chi connectivity index (χ0n) is 13.5. The number of hydrogen-bond donors (Lipinski definition) is 0. The molecule has 0 atom stereocenters. The van der Waals surface area contributed by atoms with Gasteiger partial charge in [-0.2, -0.15) is 5.10 Å². The third-order valence-corrected chi connectivity index (χ3v) is 4.65. The normalized spacial score (nSPS) is 15.0. The summed E-state index contributed by atoms with van der Waals surface area (Å²) in [5, 5.41) is 7.51. The van der Waals surface area contributed by atoms with Crippen molar-refractivity contribution in [2.75, 3.05) is 19.1 Å². The van der Waals surface area contributed by atoms with Crippen LogP contribution in [0.2, 0.25) is 0 Å². The molecule has 5 nitrogen and oxygen atoms in total. The quantitative estimate of drug-likeness (QED) is 0.685. The molecule has 2 aliphatic heterocycles. The summed E-state index contributed by atoms with van der Waals surface area (Å²) in [6.45, 7) is 0. The molecule has 2 aliphatic rings. The monoisotopic (exact) mass is 316 g/mol. The maximum atomic E-state index is 5.68. The van der Waals surface area contributed by atoms with Gasteiger partial charge in [0.25, 0.3) is 0 Å². The SMILES string of the molecule is COc1cccc2c1-c1cc3ccccc3n1C=C1N(C)N=CN12. The zero-order valence-corrected chi connectivity index (χ0v) is 13.5. The summed E-state index contributed by atoms with van der Waals surface area (Å²) in [5.41, 5.74) is 4.42. The van der Waals surface area contributed by atoms with Gasteiger partial charge in [-0.05, 0) is 24.3 Å². The average Bonchev–Trinajstić information content (AvgIpc) is 3.12. The highest BCUT2D eigenvalue weighted by molar-refractivity contribution is 6.01. The predicted molar refractivity (Wildman–Crippen MR) is 96.9 cm³/mol. The number of para-hydroxylation sites is 1. The molecule has 1 aromatic heterocycles. The minimum atomic E-state index is 0.856. The smallest absolute Gasteiger partial charge is 0.151 e. The molecule has 0 bridgehead atoms. The fourth-order valence-corrected chi connectivity index (χ4v) is 3.51. The van der Waals surface area contributed by atoms with E-state index < -0.39 is 0 Å². The topological polar surface area (TPSA) is 33.0 Å². The lowest BCUT2D eigenvalue weighted by Gasteiger charge is -2.20. The van der Waals surface area contributed by atoms with E-state index in [0.717, 1.165) is 28.5 Å². The van der Waals surface area contributed by atoms with Crippen LogP contribution in [0.15, 0.2) is 59.5 Å². The van der Waals surface area contributed by atoms with Gasteiger partial charge in [0.05, 0.1) is 35.8 Å². The molecule has 0 saturated heterocycles. The van der Waals surface area contributed by atoms with Crippen molar-refractivity contribution < 1.29 is 4.74 Å². The van der Waals surface area contributed by atoms with Crippen molar-refractivity contribution in [3.05, 3.63) is 54.4 Å². The van der Waals surface area contributed by atoms with Crippen molar-refractivity contribution >= 4 is 29.1 Å². The van der Waals surface area contributed by atoms with Crippen LogP contribution in [0.1, 0.15) is 0 Å². The summed E-state index contributed by atoms with van der Waals surface area (Å²) in [5.74, 6) is 1.86. The number of hydrazone groups is 1. The van der Waals surface area contributed by atoms with E-state index in [1.54, 1.807) is 7.11 Å². The molecule has 0 fully saturated rings. The Labute approximate surface area is 139 Å². The summed E-state index contributed by atoms with van der Waals surface area (Å²) in [7, 11) is 3.67. The molecule has 3 aromatic rings. The van der Waals surface area contributed by atoms with Gasteiger partial charge in [0.2, 0.25) is 0 Å². The van der Waals surface area contributed by atoms with E-state index in [0.29, 0.717) is 0 Å². The minimum Gasteiger partial charge on any atom is -0.496 e. The highest BCUT2D eigenvalue weighted by Crippen LogP contribution is 2.45. The van der Waals surface area contributed by atoms with Crippen molar-refractivity contribution in [1.29, 1.82) is 0 Å². The van der Waals surface area contributed by atoms with Crippen LogP contribution in [0, 0.1) is 0 Å². The number of aromatic nitrogens is 1. The Morgan fingerprint density at radius 1 is 1.04 bits per heavy atom. The average molecular weight is 316 g/mol. The van der Waals surface area contributed by atoms with Gasteiger partial charge in [-0.1, -0.05) is 24.3 Å². The second kappa shape index (κ2) is 4.64. The standard InChI is InChI=1S/C19H16N4O/c1-21-18-11-22-14-7-4-3-6-13(14)10-16(22)19-15(23(18)12-20-21)8-5-9-17(19)24-2/h3-12H,1-2H3. The molecule has 0 aliphatic carbocycles. The van der Waals surface area contributed by atoms with Gasteiger partial charge in [-0.25, -0.2) is 5.01 Å². The number of ether oxygens (including phenoxy) is 1. The van der Waals surface area contributed by atoms with Crippen molar-refractivity contribution in [2.45, 2.75) is 0 Å². The van der Waals surface area contributed by atoms with E-state index in [4.69, 9.17) is 4.74 Å². The molecule has 0 saturated carbocycles. The van der Waals surface area contributed by atoms with Crippen molar-refractivity contribution in [3.63, 3.8) is 0 Å². The summed E-state index contributed by atoms with van der Waals surface area (Å²) in [4.78, 5) is 2.10. The Bertz CT molecular complexity index is 1030. The maximum absolute atomic E-state index is 5.68. The molecule has 0 N–H and O–H groups in total. The predicted octanol–water partition coefficient (Wildman–Crippen LogP) is 3.78. The summed E-state index contributed by atoms with van der Waals surface area (Å²) < 4.78 is 7.89. The molecule has 118 valence electrons. The van der Waals surface area contributed by atoms with Crippen molar-refractivity contribution in [2.24, 2.45) is 5.10 Å². The Hall–Kier alpha value is -3.21. The van der Waals surface area contributed by atoms with Crippen LogP contribution >= 0.6 is 0 Å². The van der Waals surface area contributed by atoms with Gasteiger partial charge >= 0.3 is 0 Å². The number of methoxy groups -OCH3 is 1. The van der Waals surface area contributed by atoms with Crippen LogP contribution in [0.4, 0.5) is 5.69 Å². The van der Waals surface area contributed by atoms with Crippen LogP contribution in [-0.4, -0.2) is 30.1 Å². The van der Waals surface area contributed by atoms with E-state index in [2.05, 4.69) is 57.2 Å². The van der Waals surface area contributed by atoms with E-state index in [1.807, 2.05) is 30.5 Å². The molecular formula is C19H16N4O. The molecule has 0 unspecified atom stereocenters. The van der Waals surface area contributed by atoms with Gasteiger partial charge in [-0.15, -0.1) is 0 Å². The number of anilines is 1. The Morgan fingerprint density at radius 2 is 1.92 bits per heavy atom. The summed E-state index contributed by atoms with van der Waals surface area (Å²) in [6, 6.07) is 16.7. The lowest BCUT2D eigenvalue weighted by molar-refractivity contribution is 0.416. The van der Waals surface area contributed by atoms with Crippen LogP contribution in [-0.2, 0) is 0 Å². The van der Waals surface area contributed by atoms with Crippen LogP contribution in [0.3, 0.4) is 0 Å². The first-order valence-corrected chi connectivity index (χ1v) is 7.84. The number of nitrogens with zero attached hydrogens (tertiary/aromatic N) is 4. The van der Waals surface area contributed by atoms with Crippen LogP contribution in [0.25, 0.3) is 28.4 Å². The molecule has 2 aromatic carbocycles. The molecule has 0 amide bonds. The van der Waals surface area contributed by atoms with E-state index in [9.17, 15) is 0 Å². The lowest BCUT2D eigenvalue weighted by atomic mass is 10.1. The van der Waals surface area contributed by atoms with Crippen molar-refractivity contribution in [1.82, 2.24) is 9.58 Å². The third kappa shape index (κ3) is 1.61. The minimum absolute atomic E-state index is 0.856. The molecule has 5 heteroatoms. The lowest BCUT2D eigenvalue weighted by Crippen LogP contribution is -2.21. The van der Waals surface area contributed by atoms with Gasteiger partial charge < -0.3 is 9.30 Å². The summed E-state index contributed by atoms with van der Waals surface area (Å²) >= 11 is 0. The van der Waals surface area contributed by atoms with Crippen LogP contribution in [0.5, 0.6) is 5.75 Å². The summed E-state index contributed by atoms with van der Waals surface area (Å²) in [6.07, 6.45) is 3.98. The third-order valence-electron chi connectivity index (χ3n) is 4.65. The Balaban J connectivity index is 1.94. The first kappa shape index (κ1) is 13.2. The van der Waals surface area contributed by atoms with E-state index in [-0.39, 0.29) is 0 Å². The first-order chi connectivity index (χ1) is 11.8. The Kier molecular flexibility index (Phi) is 2.56. The highest BCUT2D eigenvalue weighted by Gasteiger charge is 2.29. The number of benzene rings is 2. The second-order valence-electron chi connectivity index (χ2n) is 5.92. The first-order valence-electron chi connectivity index (χ1n) is 7.84. The fourth-order valence-electron chi connectivity index (χ4n) is 3.51. The zero-order chi connectivity index (χ0) is 16.3. The molecule has 0 radical (unpaired) electrons. The largest absolute Gasteiger partial charge is 0.496 e. The molecular weight excluding hydrogens is 300 g/mol. The number of rotatable bonds is 1. The van der Waals surface area contributed by atoms with Gasteiger partial charge in [-0.3, -0.25) is 4.90 Å². The molecule has 5 rings (SSSR count). The molecule has 24 heavy (non-hydrogen) atoms. The Morgan fingerprint density at radius 3 is 2.79 bits per heavy atom. The van der Waals surface area contributed by atoms with Gasteiger partial charge in [0.1, 0.15) is 12.1 Å². The molecule has 3 heterocycles. The highest BCUT2D eigenvalue weighted by atomic mass is 16.5.